The van der Waals surface area contributed by atoms with E-state index in [0.29, 0.717) is 18.8 Å². The van der Waals surface area contributed by atoms with Gasteiger partial charge in [0.25, 0.3) is 0 Å². The molecule has 0 radical (unpaired) electrons. The Morgan fingerprint density at radius 2 is 1.45 bits per heavy atom. The molecule has 0 aromatic heterocycles. The molecule has 118 valence electrons. The van der Waals surface area contributed by atoms with Crippen molar-refractivity contribution in [3.8, 4) is 0 Å². The lowest BCUT2D eigenvalue weighted by Crippen LogP contribution is -2.48. The van der Waals surface area contributed by atoms with Gasteiger partial charge in [0.15, 0.2) is 0 Å². The number of hydrogen-bond acceptors (Lipinski definition) is 2. The Morgan fingerprint density at radius 3 is 2.00 bits per heavy atom. The zero-order valence-electron chi connectivity index (χ0n) is 12.1. The molecule has 0 bridgehead atoms. The molecule has 2 saturated carbocycles. The van der Waals surface area contributed by atoms with Crippen LogP contribution in [0.2, 0.25) is 0 Å². The molecular weight excluding hydrogens is 265 g/mol. The molecule has 0 saturated heterocycles. The first-order chi connectivity index (χ1) is 9.52. The fourth-order valence-corrected chi connectivity index (χ4v) is 4.18. The van der Waals surface area contributed by atoms with E-state index in [9.17, 15) is 13.2 Å². The van der Waals surface area contributed by atoms with E-state index < -0.39 is 12.1 Å². The van der Waals surface area contributed by atoms with Crippen LogP contribution >= 0.6 is 0 Å². The molecule has 0 amide bonds. The minimum atomic E-state index is -4.04. The molecular formula is C15H27F3N2. The average Bonchev–Trinajstić information content (AvgIpc) is 2.68. The minimum Gasteiger partial charge on any atom is -0.271 e. The van der Waals surface area contributed by atoms with Crippen molar-refractivity contribution in [3.05, 3.63) is 0 Å². The number of halogens is 3. The molecule has 2 aliphatic carbocycles. The Balaban J connectivity index is 1.99. The molecule has 3 unspecified atom stereocenters. The van der Waals surface area contributed by atoms with Gasteiger partial charge >= 0.3 is 6.18 Å². The van der Waals surface area contributed by atoms with Crippen molar-refractivity contribution < 1.29 is 13.2 Å². The van der Waals surface area contributed by atoms with Gasteiger partial charge in [-0.25, -0.2) is 0 Å². The Labute approximate surface area is 119 Å². The lowest BCUT2D eigenvalue weighted by molar-refractivity contribution is -0.187. The number of hydrogen-bond donors (Lipinski definition) is 2. The predicted molar refractivity (Wildman–Crippen MR) is 73.8 cm³/mol. The van der Waals surface area contributed by atoms with E-state index in [4.69, 9.17) is 5.84 Å². The highest BCUT2D eigenvalue weighted by Crippen LogP contribution is 2.43. The van der Waals surface area contributed by atoms with Crippen LogP contribution in [0, 0.1) is 17.8 Å². The van der Waals surface area contributed by atoms with Crippen LogP contribution < -0.4 is 11.3 Å². The van der Waals surface area contributed by atoms with Crippen LogP contribution in [0.25, 0.3) is 0 Å². The van der Waals surface area contributed by atoms with Gasteiger partial charge in [0, 0.05) is 6.04 Å². The van der Waals surface area contributed by atoms with Crippen LogP contribution in [-0.4, -0.2) is 12.2 Å². The summed E-state index contributed by atoms with van der Waals surface area (Å²) in [5.74, 6) is 5.13. The van der Waals surface area contributed by atoms with Crippen LogP contribution in [0.1, 0.15) is 64.2 Å². The highest BCUT2D eigenvalue weighted by Gasteiger charge is 2.44. The smallest absolute Gasteiger partial charge is 0.271 e. The summed E-state index contributed by atoms with van der Waals surface area (Å²) >= 11 is 0. The first kappa shape index (κ1) is 16.1. The van der Waals surface area contributed by atoms with Crippen LogP contribution in [0.5, 0.6) is 0 Å². The van der Waals surface area contributed by atoms with Crippen molar-refractivity contribution in [2.45, 2.75) is 76.4 Å². The Hall–Kier alpha value is -0.290. The van der Waals surface area contributed by atoms with Crippen LogP contribution in [0.4, 0.5) is 13.2 Å². The number of nitrogens with two attached hydrogens (primary N) is 1. The lowest BCUT2D eigenvalue weighted by atomic mass is 9.73. The first-order valence-corrected chi connectivity index (χ1v) is 8.05. The average molecular weight is 292 g/mol. The van der Waals surface area contributed by atoms with Gasteiger partial charge in [0.2, 0.25) is 0 Å². The molecule has 2 fully saturated rings. The maximum atomic E-state index is 12.9. The van der Waals surface area contributed by atoms with Crippen molar-refractivity contribution >= 4 is 0 Å². The third kappa shape index (κ3) is 4.10. The molecule has 0 aliphatic heterocycles. The molecule has 2 rings (SSSR count). The van der Waals surface area contributed by atoms with E-state index in [1.54, 1.807) is 0 Å². The van der Waals surface area contributed by atoms with Crippen molar-refractivity contribution in [1.29, 1.82) is 0 Å². The van der Waals surface area contributed by atoms with Crippen molar-refractivity contribution in [1.82, 2.24) is 5.43 Å². The summed E-state index contributed by atoms with van der Waals surface area (Å²) in [6.07, 6.45) is 5.20. The Bertz CT molecular complexity index is 285. The van der Waals surface area contributed by atoms with Crippen molar-refractivity contribution in [3.63, 3.8) is 0 Å². The molecule has 2 nitrogen and oxygen atoms in total. The summed E-state index contributed by atoms with van der Waals surface area (Å²) in [7, 11) is 0. The quantitative estimate of drug-likeness (QED) is 0.466. The van der Waals surface area contributed by atoms with E-state index in [1.807, 2.05) is 0 Å². The third-order valence-electron chi connectivity index (χ3n) is 5.29. The molecule has 20 heavy (non-hydrogen) atoms. The summed E-state index contributed by atoms with van der Waals surface area (Å²) < 4.78 is 38.8. The van der Waals surface area contributed by atoms with Gasteiger partial charge in [0.05, 0.1) is 5.92 Å². The molecule has 0 aromatic rings. The summed E-state index contributed by atoms with van der Waals surface area (Å²) in [6, 6.07) is 0.0678. The Morgan fingerprint density at radius 1 is 0.850 bits per heavy atom. The molecule has 0 heterocycles. The topological polar surface area (TPSA) is 38.0 Å². The van der Waals surface area contributed by atoms with Gasteiger partial charge in [-0.2, -0.15) is 13.2 Å². The number of rotatable bonds is 3. The highest BCUT2D eigenvalue weighted by molar-refractivity contribution is 4.88. The molecule has 2 aliphatic rings. The van der Waals surface area contributed by atoms with E-state index in [2.05, 4.69) is 5.43 Å². The fraction of sp³-hybridized carbons (Fsp3) is 1.00. The fourth-order valence-electron chi connectivity index (χ4n) is 4.18. The summed E-state index contributed by atoms with van der Waals surface area (Å²) in [4.78, 5) is 0. The highest BCUT2D eigenvalue weighted by atomic mass is 19.4. The largest absolute Gasteiger partial charge is 0.391 e. The van der Waals surface area contributed by atoms with Gasteiger partial charge in [-0.3, -0.25) is 11.3 Å². The third-order valence-corrected chi connectivity index (χ3v) is 5.29. The van der Waals surface area contributed by atoms with Gasteiger partial charge in [0.1, 0.15) is 0 Å². The second kappa shape index (κ2) is 7.12. The molecule has 3 N–H and O–H groups in total. The Kier molecular flexibility index (Phi) is 5.73. The monoisotopic (exact) mass is 292 g/mol. The van der Waals surface area contributed by atoms with E-state index >= 15 is 0 Å². The second-order valence-corrected chi connectivity index (χ2v) is 6.61. The van der Waals surface area contributed by atoms with Crippen molar-refractivity contribution in [2.24, 2.45) is 23.6 Å². The minimum absolute atomic E-state index is 0.0678. The van der Waals surface area contributed by atoms with Gasteiger partial charge in [-0.15, -0.1) is 0 Å². The van der Waals surface area contributed by atoms with E-state index in [1.165, 1.54) is 25.7 Å². The number of alkyl halides is 3. The molecule has 0 spiro atoms. The molecule has 0 aromatic carbocycles. The molecule has 5 heteroatoms. The van der Waals surface area contributed by atoms with Crippen LogP contribution in [0.15, 0.2) is 0 Å². The van der Waals surface area contributed by atoms with Gasteiger partial charge in [-0.05, 0) is 43.9 Å². The normalized spacial score (nSPS) is 31.8. The zero-order chi connectivity index (χ0) is 14.6. The predicted octanol–water partition coefficient (Wildman–Crippen LogP) is 4.16. The maximum Gasteiger partial charge on any atom is 0.391 e. The van der Waals surface area contributed by atoms with Gasteiger partial charge < -0.3 is 0 Å². The summed E-state index contributed by atoms with van der Waals surface area (Å²) in [5, 5.41) is 0. The van der Waals surface area contributed by atoms with Gasteiger partial charge in [-0.1, -0.05) is 32.1 Å². The number of hydrazine groups is 1. The standard InChI is InChI=1S/C15H27F3N2/c16-15(17,18)13-9-5-8-12(10-13)14(20-19)11-6-3-1-2-4-7-11/h11-14,20H,1-10,19H2. The summed E-state index contributed by atoms with van der Waals surface area (Å²) in [6.45, 7) is 0. The maximum absolute atomic E-state index is 12.9. The first-order valence-electron chi connectivity index (χ1n) is 8.05. The van der Waals surface area contributed by atoms with E-state index in [-0.39, 0.29) is 18.4 Å². The lowest BCUT2D eigenvalue weighted by Gasteiger charge is -2.38. The summed E-state index contributed by atoms with van der Waals surface area (Å²) in [5.41, 5.74) is 2.87. The second-order valence-electron chi connectivity index (χ2n) is 6.61. The van der Waals surface area contributed by atoms with Crippen molar-refractivity contribution in [2.75, 3.05) is 0 Å². The van der Waals surface area contributed by atoms with Crippen LogP contribution in [0.3, 0.4) is 0 Å². The number of nitrogens with one attached hydrogen (secondary N) is 1. The molecule has 3 atom stereocenters. The SMILES string of the molecule is NNC(C1CCCCCC1)C1CCCC(C(F)(F)F)C1. The van der Waals surface area contributed by atoms with E-state index in [0.717, 1.165) is 19.3 Å². The van der Waals surface area contributed by atoms with Crippen LogP contribution in [-0.2, 0) is 0 Å². The zero-order valence-corrected chi connectivity index (χ0v) is 12.1.